The van der Waals surface area contributed by atoms with Crippen LogP contribution in [0.1, 0.15) is 21.1 Å². The van der Waals surface area contributed by atoms with Crippen molar-refractivity contribution in [2.75, 3.05) is 5.32 Å². The molecule has 9 heteroatoms. The number of halogens is 1. The second-order valence-corrected chi connectivity index (χ2v) is 7.04. The molecule has 3 N–H and O–H groups in total. The van der Waals surface area contributed by atoms with E-state index in [1.807, 2.05) is 0 Å². The molecule has 0 aliphatic heterocycles. The lowest BCUT2D eigenvalue weighted by Gasteiger charge is -1.99. The normalized spacial score (nSPS) is 10.6. The second kappa shape index (κ2) is 7.08. The van der Waals surface area contributed by atoms with Crippen LogP contribution in [0.3, 0.4) is 0 Å². The van der Waals surface area contributed by atoms with Crippen LogP contribution in [0.4, 0.5) is 9.52 Å². The molecule has 2 aromatic heterocycles. The summed E-state index contributed by atoms with van der Waals surface area (Å²) in [6.07, 6.45) is 0.0284. The van der Waals surface area contributed by atoms with Gasteiger partial charge in [0.25, 0.3) is 5.91 Å². The molecule has 2 amide bonds. The van der Waals surface area contributed by atoms with Gasteiger partial charge in [0.15, 0.2) is 5.13 Å². The summed E-state index contributed by atoms with van der Waals surface area (Å²) in [7, 11) is 0. The van der Waals surface area contributed by atoms with Gasteiger partial charge in [-0.05, 0) is 31.2 Å². The Bertz CT molecular complexity index is 934. The van der Waals surface area contributed by atoms with Gasteiger partial charge in [0.1, 0.15) is 15.7 Å². The molecule has 1 aromatic carbocycles. The monoisotopic (exact) mass is 376 g/mol. The number of carbonyl (C=O) groups is 2. The molecule has 0 radical (unpaired) electrons. The summed E-state index contributed by atoms with van der Waals surface area (Å²) in [6, 6.07) is 5.93. The van der Waals surface area contributed by atoms with Crippen molar-refractivity contribution >= 4 is 39.6 Å². The number of primary amides is 1. The highest BCUT2D eigenvalue weighted by Gasteiger charge is 2.18. The number of benzene rings is 1. The number of amides is 2. The Morgan fingerprint density at radius 3 is 2.64 bits per heavy atom. The van der Waals surface area contributed by atoms with Crippen LogP contribution in [0.5, 0.6) is 0 Å². The van der Waals surface area contributed by atoms with Gasteiger partial charge in [0.2, 0.25) is 5.91 Å². The van der Waals surface area contributed by atoms with Crippen LogP contribution in [0.25, 0.3) is 10.6 Å². The fourth-order valence-corrected chi connectivity index (χ4v) is 3.77. The summed E-state index contributed by atoms with van der Waals surface area (Å²) in [5.74, 6) is -1.14. The number of thiazole rings is 2. The molecular formula is C16H13FN4O2S2. The Hall–Kier alpha value is -2.65. The molecule has 3 aromatic rings. The van der Waals surface area contributed by atoms with E-state index in [-0.39, 0.29) is 18.1 Å². The smallest absolute Gasteiger partial charge is 0.269 e. The third kappa shape index (κ3) is 4.06. The molecule has 0 saturated carbocycles. The third-order valence-electron chi connectivity index (χ3n) is 3.22. The Morgan fingerprint density at radius 2 is 1.96 bits per heavy atom. The Morgan fingerprint density at radius 1 is 1.24 bits per heavy atom. The lowest BCUT2D eigenvalue weighted by Crippen LogP contribution is -2.14. The van der Waals surface area contributed by atoms with Gasteiger partial charge in [-0.3, -0.25) is 14.9 Å². The van der Waals surface area contributed by atoms with Gasteiger partial charge in [-0.2, -0.15) is 0 Å². The van der Waals surface area contributed by atoms with E-state index in [2.05, 4.69) is 15.3 Å². The highest BCUT2D eigenvalue weighted by Crippen LogP contribution is 2.29. The lowest BCUT2D eigenvalue weighted by molar-refractivity contribution is -0.117. The molecule has 0 saturated heterocycles. The number of hydrogen-bond donors (Lipinski definition) is 2. The van der Waals surface area contributed by atoms with Crippen LogP contribution in [-0.4, -0.2) is 21.8 Å². The van der Waals surface area contributed by atoms with E-state index in [1.54, 1.807) is 24.4 Å². The fraction of sp³-hybridized carbons (Fsp3) is 0.125. The van der Waals surface area contributed by atoms with Crippen LogP contribution < -0.4 is 11.1 Å². The lowest BCUT2D eigenvalue weighted by atomic mass is 10.2. The maximum atomic E-state index is 13.0. The van der Waals surface area contributed by atoms with Crippen molar-refractivity contribution in [2.24, 2.45) is 5.73 Å². The second-order valence-electron chi connectivity index (χ2n) is 5.18. The number of rotatable bonds is 5. The van der Waals surface area contributed by atoms with Crippen molar-refractivity contribution < 1.29 is 14.0 Å². The molecule has 0 atom stereocenters. The number of carbonyl (C=O) groups excluding carboxylic acids is 2. The quantitative estimate of drug-likeness (QED) is 0.715. The topological polar surface area (TPSA) is 98.0 Å². The molecule has 0 fully saturated rings. The van der Waals surface area contributed by atoms with Crippen molar-refractivity contribution in [3.05, 3.63) is 51.7 Å². The minimum atomic E-state index is -0.481. The first kappa shape index (κ1) is 17.2. The Balaban J connectivity index is 1.77. The predicted octanol–water partition coefficient (Wildman–Crippen LogP) is 2.99. The van der Waals surface area contributed by atoms with Crippen molar-refractivity contribution in [1.29, 1.82) is 0 Å². The molecule has 2 heterocycles. The van der Waals surface area contributed by atoms with E-state index in [1.165, 1.54) is 34.8 Å². The largest absolute Gasteiger partial charge is 0.369 e. The molecular weight excluding hydrogens is 363 g/mol. The Labute approximate surface area is 150 Å². The Kier molecular flexibility index (Phi) is 4.86. The van der Waals surface area contributed by atoms with Gasteiger partial charge in [-0.1, -0.05) is 0 Å². The van der Waals surface area contributed by atoms with Gasteiger partial charge < -0.3 is 5.73 Å². The first-order valence-electron chi connectivity index (χ1n) is 7.20. The molecule has 0 unspecified atom stereocenters. The molecule has 0 aliphatic rings. The highest BCUT2D eigenvalue weighted by atomic mass is 32.1. The van der Waals surface area contributed by atoms with Gasteiger partial charge in [0.05, 0.1) is 17.8 Å². The van der Waals surface area contributed by atoms with Crippen molar-refractivity contribution in [3.8, 4) is 10.6 Å². The first-order chi connectivity index (χ1) is 11.9. The van der Waals surface area contributed by atoms with E-state index < -0.39 is 5.91 Å². The SMILES string of the molecule is Cc1nc(-c2ccc(F)cc2)sc1C(=O)Nc1nc(CC(N)=O)cs1. The zero-order chi connectivity index (χ0) is 18.0. The summed E-state index contributed by atoms with van der Waals surface area (Å²) in [4.78, 5) is 32.3. The summed E-state index contributed by atoms with van der Waals surface area (Å²) in [5, 5.41) is 5.39. The molecule has 3 rings (SSSR count). The van der Waals surface area contributed by atoms with Gasteiger partial charge in [-0.25, -0.2) is 14.4 Å². The van der Waals surface area contributed by atoms with E-state index >= 15 is 0 Å². The average Bonchev–Trinajstić information content (AvgIpc) is 3.14. The number of anilines is 1. The number of aromatic nitrogens is 2. The van der Waals surface area contributed by atoms with Crippen LogP contribution in [0.15, 0.2) is 29.6 Å². The molecule has 0 bridgehead atoms. The summed E-state index contributed by atoms with van der Waals surface area (Å²) >= 11 is 2.44. The zero-order valence-electron chi connectivity index (χ0n) is 13.1. The first-order valence-corrected chi connectivity index (χ1v) is 8.89. The van der Waals surface area contributed by atoms with E-state index in [0.717, 1.165) is 5.56 Å². The molecule has 0 spiro atoms. The van der Waals surface area contributed by atoms with Crippen LogP contribution in [0, 0.1) is 12.7 Å². The zero-order valence-corrected chi connectivity index (χ0v) is 14.7. The maximum absolute atomic E-state index is 13.0. The number of hydrogen-bond acceptors (Lipinski definition) is 6. The third-order valence-corrected chi connectivity index (χ3v) is 5.23. The van der Waals surface area contributed by atoms with Crippen molar-refractivity contribution in [2.45, 2.75) is 13.3 Å². The van der Waals surface area contributed by atoms with E-state index in [9.17, 15) is 14.0 Å². The number of nitrogens with zero attached hydrogens (tertiary/aromatic N) is 2. The van der Waals surface area contributed by atoms with Crippen LogP contribution in [0.2, 0.25) is 0 Å². The average molecular weight is 376 g/mol. The summed E-state index contributed by atoms with van der Waals surface area (Å²) < 4.78 is 13.0. The van der Waals surface area contributed by atoms with Crippen LogP contribution in [-0.2, 0) is 11.2 Å². The molecule has 25 heavy (non-hydrogen) atoms. The molecule has 6 nitrogen and oxygen atoms in total. The van der Waals surface area contributed by atoms with Crippen molar-refractivity contribution in [1.82, 2.24) is 9.97 Å². The standard InChI is InChI=1S/C16H13FN4O2S2/c1-8-13(25-15(19-8)9-2-4-10(17)5-3-9)14(23)21-16-20-11(7-24-16)6-12(18)22/h2-5,7H,6H2,1H3,(H2,18,22)(H,20,21,23). The van der Waals surface area contributed by atoms with Crippen LogP contribution >= 0.6 is 22.7 Å². The number of nitrogens with two attached hydrogens (primary N) is 1. The minimum Gasteiger partial charge on any atom is -0.369 e. The van der Waals surface area contributed by atoms with Gasteiger partial charge >= 0.3 is 0 Å². The van der Waals surface area contributed by atoms with Gasteiger partial charge in [0, 0.05) is 10.9 Å². The van der Waals surface area contributed by atoms with E-state index in [4.69, 9.17) is 5.73 Å². The summed E-state index contributed by atoms with van der Waals surface area (Å²) in [6.45, 7) is 1.73. The highest BCUT2D eigenvalue weighted by molar-refractivity contribution is 7.17. The maximum Gasteiger partial charge on any atom is 0.269 e. The minimum absolute atomic E-state index is 0.0284. The summed E-state index contributed by atoms with van der Waals surface area (Å²) in [5.41, 5.74) is 6.96. The fourth-order valence-electron chi connectivity index (χ4n) is 2.10. The van der Waals surface area contributed by atoms with Gasteiger partial charge in [-0.15, -0.1) is 22.7 Å². The number of aryl methyl sites for hydroxylation is 1. The van der Waals surface area contributed by atoms with Crippen molar-refractivity contribution in [3.63, 3.8) is 0 Å². The molecule has 128 valence electrons. The van der Waals surface area contributed by atoms with E-state index in [0.29, 0.717) is 26.4 Å². The molecule has 0 aliphatic carbocycles. The number of nitrogens with one attached hydrogen (secondary N) is 1. The predicted molar refractivity (Wildman–Crippen MR) is 95.2 cm³/mol.